The van der Waals surface area contributed by atoms with E-state index in [4.69, 9.17) is 9.47 Å². The largest absolute Gasteiger partial charge is 0.497 e. The van der Waals surface area contributed by atoms with Gasteiger partial charge >= 0.3 is 0 Å². The minimum atomic E-state index is -0.514. The number of rotatable bonds is 6. The van der Waals surface area contributed by atoms with Gasteiger partial charge in [-0.1, -0.05) is 11.8 Å². The Bertz CT molecular complexity index is 850. The number of hydrogen-bond acceptors (Lipinski definition) is 6. The molecule has 0 saturated carbocycles. The van der Waals surface area contributed by atoms with E-state index in [1.807, 2.05) is 0 Å². The lowest BCUT2D eigenvalue weighted by Gasteiger charge is -2.08. The number of hydrogen-bond donors (Lipinski definition) is 2. The Balaban J connectivity index is 1.57. The Morgan fingerprint density at radius 2 is 1.67 bits per heavy atom. The highest BCUT2D eigenvalue weighted by Gasteiger charge is 2.32. The molecule has 1 fully saturated rings. The molecule has 2 aromatic carbocycles. The lowest BCUT2D eigenvalue weighted by molar-refractivity contribution is -0.122. The van der Waals surface area contributed by atoms with E-state index in [1.54, 1.807) is 62.8 Å². The molecular weight excluding hydrogens is 366 g/mol. The van der Waals surface area contributed by atoms with Crippen LogP contribution in [0.2, 0.25) is 0 Å². The van der Waals surface area contributed by atoms with Crippen LogP contribution in [0.15, 0.2) is 53.5 Å². The molecule has 8 heteroatoms. The van der Waals surface area contributed by atoms with E-state index < -0.39 is 5.25 Å². The highest BCUT2D eigenvalue weighted by molar-refractivity contribution is 8.15. The lowest BCUT2D eigenvalue weighted by atomic mass is 10.2. The number of amides is 2. The summed E-state index contributed by atoms with van der Waals surface area (Å²) >= 11 is 1.25. The molecule has 2 N–H and O–H groups in total. The second kappa shape index (κ2) is 8.59. The maximum Gasteiger partial charge on any atom is 0.240 e. The quantitative estimate of drug-likeness (QED) is 0.798. The normalized spacial score (nSPS) is 17.5. The first-order valence-corrected chi connectivity index (χ1v) is 9.09. The minimum Gasteiger partial charge on any atom is -0.497 e. The van der Waals surface area contributed by atoms with Crippen LogP contribution in [0.1, 0.15) is 6.42 Å². The third kappa shape index (κ3) is 5.01. The van der Waals surface area contributed by atoms with E-state index in [2.05, 4.69) is 15.6 Å². The Morgan fingerprint density at radius 1 is 1.07 bits per heavy atom. The summed E-state index contributed by atoms with van der Waals surface area (Å²) in [7, 11) is 3.17. The van der Waals surface area contributed by atoms with E-state index in [0.717, 1.165) is 5.75 Å². The van der Waals surface area contributed by atoms with Crippen LogP contribution in [0.5, 0.6) is 11.5 Å². The van der Waals surface area contributed by atoms with Gasteiger partial charge in [0, 0.05) is 12.1 Å². The van der Waals surface area contributed by atoms with Gasteiger partial charge in [0.1, 0.15) is 16.7 Å². The molecule has 0 bridgehead atoms. The molecule has 0 unspecified atom stereocenters. The number of carbonyl (C=O) groups is 2. The van der Waals surface area contributed by atoms with E-state index >= 15 is 0 Å². The number of anilines is 1. The van der Waals surface area contributed by atoms with Crippen LogP contribution < -0.4 is 20.1 Å². The average molecular weight is 385 g/mol. The van der Waals surface area contributed by atoms with Crippen molar-refractivity contribution in [2.75, 3.05) is 19.5 Å². The maximum absolute atomic E-state index is 12.2. The van der Waals surface area contributed by atoms with Crippen molar-refractivity contribution < 1.29 is 19.1 Å². The van der Waals surface area contributed by atoms with Crippen molar-refractivity contribution in [1.82, 2.24) is 5.32 Å². The van der Waals surface area contributed by atoms with Gasteiger partial charge in [0.2, 0.25) is 11.8 Å². The molecule has 1 aliphatic heterocycles. The second-order valence-corrected chi connectivity index (χ2v) is 6.88. The van der Waals surface area contributed by atoms with E-state index in [1.165, 1.54) is 11.8 Å². The molecule has 0 aliphatic carbocycles. The summed E-state index contributed by atoms with van der Waals surface area (Å²) in [6, 6.07) is 14.2. The number of thioether (sulfide) groups is 1. The van der Waals surface area contributed by atoms with Crippen LogP contribution in [0.25, 0.3) is 0 Å². The number of aliphatic imine (C=N–C) groups is 1. The molecule has 1 heterocycles. The predicted molar refractivity (Wildman–Crippen MR) is 106 cm³/mol. The summed E-state index contributed by atoms with van der Waals surface area (Å²) < 4.78 is 10.2. The molecule has 27 heavy (non-hydrogen) atoms. The molecule has 0 aromatic heterocycles. The average Bonchev–Trinajstić information content (AvgIpc) is 3.01. The van der Waals surface area contributed by atoms with E-state index in [0.29, 0.717) is 22.3 Å². The van der Waals surface area contributed by atoms with Crippen LogP contribution in [-0.4, -0.2) is 36.5 Å². The van der Waals surface area contributed by atoms with Gasteiger partial charge in [0.05, 0.1) is 19.9 Å². The lowest BCUT2D eigenvalue weighted by Crippen LogP contribution is -2.28. The number of carbonyl (C=O) groups excluding carboxylic acids is 2. The fourth-order valence-corrected chi connectivity index (χ4v) is 3.41. The van der Waals surface area contributed by atoms with Crippen molar-refractivity contribution in [3.63, 3.8) is 0 Å². The molecule has 1 aliphatic rings. The van der Waals surface area contributed by atoms with Crippen molar-refractivity contribution in [3.05, 3.63) is 48.5 Å². The zero-order valence-electron chi connectivity index (χ0n) is 14.9. The number of methoxy groups -OCH3 is 2. The number of benzene rings is 2. The molecule has 0 radical (unpaired) electrons. The van der Waals surface area contributed by atoms with Gasteiger partial charge in [-0.25, -0.2) is 4.99 Å². The number of nitrogens with zero attached hydrogens (tertiary/aromatic N) is 1. The summed E-state index contributed by atoms with van der Waals surface area (Å²) in [4.78, 5) is 28.7. The Morgan fingerprint density at radius 3 is 2.26 bits per heavy atom. The third-order valence-corrected chi connectivity index (χ3v) is 4.91. The molecule has 2 aromatic rings. The van der Waals surface area contributed by atoms with Crippen molar-refractivity contribution >= 4 is 40.1 Å². The van der Waals surface area contributed by atoms with Gasteiger partial charge in [-0.05, 0) is 48.5 Å². The molecule has 140 valence electrons. The summed E-state index contributed by atoms with van der Waals surface area (Å²) in [5, 5.41) is 5.45. The minimum absolute atomic E-state index is 0.0597. The molecular formula is C19H19N3O4S. The highest BCUT2D eigenvalue weighted by Crippen LogP contribution is 2.26. The number of amidine groups is 1. The number of ether oxygens (including phenoxy) is 2. The van der Waals surface area contributed by atoms with E-state index in [9.17, 15) is 9.59 Å². The zero-order chi connectivity index (χ0) is 19.2. The van der Waals surface area contributed by atoms with Crippen molar-refractivity contribution in [2.24, 2.45) is 4.99 Å². The SMILES string of the molecule is COc1ccc(N=C2NC(=O)[C@@H](CC(=O)Nc3ccc(OC)cc3)S2)cc1. The first kappa shape index (κ1) is 18.8. The first-order chi connectivity index (χ1) is 13.1. The fraction of sp³-hybridized carbons (Fsp3) is 0.211. The smallest absolute Gasteiger partial charge is 0.240 e. The number of nitrogens with one attached hydrogen (secondary N) is 2. The molecule has 7 nitrogen and oxygen atoms in total. The molecule has 1 saturated heterocycles. The van der Waals surface area contributed by atoms with Crippen molar-refractivity contribution in [3.8, 4) is 11.5 Å². The Labute approximate surface area is 161 Å². The van der Waals surface area contributed by atoms with Crippen LogP contribution >= 0.6 is 11.8 Å². The van der Waals surface area contributed by atoms with Crippen molar-refractivity contribution in [2.45, 2.75) is 11.7 Å². The van der Waals surface area contributed by atoms with Crippen LogP contribution in [-0.2, 0) is 9.59 Å². The molecule has 0 spiro atoms. The third-order valence-electron chi connectivity index (χ3n) is 3.82. The first-order valence-electron chi connectivity index (χ1n) is 8.21. The summed E-state index contributed by atoms with van der Waals surface area (Å²) in [6.07, 6.45) is 0.0597. The highest BCUT2D eigenvalue weighted by atomic mass is 32.2. The molecule has 3 rings (SSSR count). The molecule has 2 amide bonds. The van der Waals surface area contributed by atoms with E-state index in [-0.39, 0.29) is 18.2 Å². The van der Waals surface area contributed by atoms with Gasteiger partial charge in [-0.3, -0.25) is 9.59 Å². The standard InChI is InChI=1S/C19H19N3O4S/c1-25-14-7-3-12(4-8-14)20-17(23)11-16-18(24)22-19(27-16)21-13-5-9-15(26-2)10-6-13/h3-10,16H,11H2,1-2H3,(H,20,23)(H,21,22,24)/t16-/m1/s1. The van der Waals surface area contributed by atoms with Crippen LogP contribution in [0, 0.1) is 0 Å². The summed E-state index contributed by atoms with van der Waals surface area (Å²) in [6.45, 7) is 0. The topological polar surface area (TPSA) is 89.0 Å². The van der Waals surface area contributed by atoms with Gasteiger partial charge < -0.3 is 20.1 Å². The zero-order valence-corrected chi connectivity index (χ0v) is 15.7. The van der Waals surface area contributed by atoms with Gasteiger partial charge in [0.15, 0.2) is 5.17 Å². The predicted octanol–water partition coefficient (Wildman–Crippen LogP) is 2.95. The maximum atomic E-state index is 12.2. The Kier molecular flexibility index (Phi) is 5.97. The second-order valence-electron chi connectivity index (χ2n) is 5.69. The van der Waals surface area contributed by atoms with Gasteiger partial charge in [0.25, 0.3) is 0 Å². The Hall–Kier alpha value is -3.00. The molecule has 1 atom stereocenters. The monoisotopic (exact) mass is 385 g/mol. The van der Waals surface area contributed by atoms with Gasteiger partial charge in [-0.15, -0.1) is 0 Å². The fourth-order valence-electron chi connectivity index (χ4n) is 2.42. The van der Waals surface area contributed by atoms with Crippen LogP contribution in [0.4, 0.5) is 11.4 Å². The van der Waals surface area contributed by atoms with Crippen LogP contribution in [0.3, 0.4) is 0 Å². The van der Waals surface area contributed by atoms with Gasteiger partial charge in [-0.2, -0.15) is 0 Å². The van der Waals surface area contributed by atoms with Crippen molar-refractivity contribution in [1.29, 1.82) is 0 Å². The summed E-state index contributed by atoms with van der Waals surface area (Å²) in [5.74, 6) is 0.976. The summed E-state index contributed by atoms with van der Waals surface area (Å²) in [5.41, 5.74) is 1.35.